The molecule has 1 saturated carbocycles. The third-order valence-corrected chi connectivity index (χ3v) is 4.04. The maximum absolute atomic E-state index is 5.71. The molecule has 3 N–H and O–H groups in total. The molecule has 1 unspecified atom stereocenters. The average molecular weight is 236 g/mol. The highest BCUT2D eigenvalue weighted by Crippen LogP contribution is 2.31. The fourth-order valence-electron chi connectivity index (χ4n) is 2.85. The molecule has 0 aromatic carbocycles. The molecular weight excluding hydrogens is 212 g/mol. The molecule has 1 fully saturated rings. The van der Waals surface area contributed by atoms with Gasteiger partial charge in [0.15, 0.2) is 0 Å². The van der Waals surface area contributed by atoms with Crippen molar-refractivity contribution in [2.75, 3.05) is 0 Å². The number of hydrogen-bond donors (Lipinski definition) is 2. The molecule has 4 heteroatoms. The molecule has 0 aliphatic heterocycles. The fourth-order valence-corrected chi connectivity index (χ4v) is 2.85. The standard InChI is InChI=1S/C13H24N4/c1-10-3-5-11(6-4-10)13(15-14)9-12-7-8-17(2)16-12/h7-8,10-11,13,15H,3-6,9,14H2,1-2H3. The largest absolute Gasteiger partial charge is 0.276 e. The third-order valence-electron chi connectivity index (χ3n) is 4.04. The summed E-state index contributed by atoms with van der Waals surface area (Å²) in [5.74, 6) is 7.30. The van der Waals surface area contributed by atoms with Crippen molar-refractivity contribution in [2.24, 2.45) is 24.7 Å². The number of nitrogens with two attached hydrogens (primary N) is 1. The predicted octanol–water partition coefficient (Wildman–Crippen LogP) is 1.62. The molecule has 0 bridgehead atoms. The van der Waals surface area contributed by atoms with Crippen LogP contribution in [0.4, 0.5) is 0 Å². The molecule has 96 valence electrons. The molecule has 0 saturated heterocycles. The van der Waals surface area contributed by atoms with E-state index >= 15 is 0 Å². The van der Waals surface area contributed by atoms with E-state index in [-0.39, 0.29) is 0 Å². The van der Waals surface area contributed by atoms with Gasteiger partial charge in [0.2, 0.25) is 0 Å². The van der Waals surface area contributed by atoms with Crippen molar-refractivity contribution >= 4 is 0 Å². The quantitative estimate of drug-likeness (QED) is 0.617. The summed E-state index contributed by atoms with van der Waals surface area (Å²) >= 11 is 0. The second-order valence-corrected chi connectivity index (χ2v) is 5.48. The third kappa shape index (κ3) is 3.30. The van der Waals surface area contributed by atoms with Crippen LogP contribution in [-0.4, -0.2) is 15.8 Å². The van der Waals surface area contributed by atoms with E-state index in [1.165, 1.54) is 25.7 Å². The molecule has 1 aliphatic rings. The molecule has 2 rings (SSSR count). The van der Waals surface area contributed by atoms with Crippen molar-refractivity contribution in [1.82, 2.24) is 15.2 Å². The lowest BCUT2D eigenvalue weighted by molar-refractivity contribution is 0.229. The first-order valence-corrected chi connectivity index (χ1v) is 6.63. The average Bonchev–Trinajstić information content (AvgIpc) is 2.73. The first kappa shape index (κ1) is 12.6. The number of nitrogens with zero attached hydrogens (tertiary/aromatic N) is 2. The van der Waals surface area contributed by atoms with Crippen LogP contribution in [0.5, 0.6) is 0 Å². The molecule has 0 spiro atoms. The van der Waals surface area contributed by atoms with Gasteiger partial charge in [-0.2, -0.15) is 5.10 Å². The number of nitrogens with one attached hydrogen (secondary N) is 1. The zero-order chi connectivity index (χ0) is 12.3. The van der Waals surface area contributed by atoms with Crippen LogP contribution in [0, 0.1) is 11.8 Å². The van der Waals surface area contributed by atoms with Crippen LogP contribution in [0.15, 0.2) is 12.3 Å². The van der Waals surface area contributed by atoms with Gasteiger partial charge < -0.3 is 0 Å². The van der Waals surface area contributed by atoms with Gasteiger partial charge in [-0.1, -0.05) is 19.8 Å². The minimum atomic E-state index is 0.373. The van der Waals surface area contributed by atoms with Gasteiger partial charge in [0.05, 0.1) is 5.69 Å². The zero-order valence-corrected chi connectivity index (χ0v) is 10.9. The van der Waals surface area contributed by atoms with Crippen LogP contribution in [-0.2, 0) is 13.5 Å². The Morgan fingerprint density at radius 3 is 2.71 bits per heavy atom. The number of hydrazine groups is 1. The highest BCUT2D eigenvalue weighted by Gasteiger charge is 2.25. The maximum atomic E-state index is 5.71. The Hall–Kier alpha value is -0.870. The Morgan fingerprint density at radius 2 is 2.18 bits per heavy atom. The van der Waals surface area contributed by atoms with Crippen LogP contribution in [0.1, 0.15) is 38.3 Å². The van der Waals surface area contributed by atoms with E-state index in [0.717, 1.165) is 18.0 Å². The second kappa shape index (κ2) is 5.65. The smallest absolute Gasteiger partial charge is 0.0640 e. The minimum Gasteiger partial charge on any atom is -0.276 e. The SMILES string of the molecule is CC1CCC(C(Cc2ccn(C)n2)NN)CC1. The minimum absolute atomic E-state index is 0.373. The summed E-state index contributed by atoms with van der Waals surface area (Å²) in [6.45, 7) is 2.35. The van der Waals surface area contributed by atoms with E-state index in [0.29, 0.717) is 12.0 Å². The number of aryl methyl sites for hydroxylation is 1. The first-order chi connectivity index (χ1) is 8.19. The maximum Gasteiger partial charge on any atom is 0.0640 e. The second-order valence-electron chi connectivity index (χ2n) is 5.48. The van der Waals surface area contributed by atoms with E-state index in [1.807, 2.05) is 17.9 Å². The lowest BCUT2D eigenvalue weighted by Crippen LogP contribution is -2.43. The summed E-state index contributed by atoms with van der Waals surface area (Å²) in [6.07, 6.45) is 8.20. The molecule has 0 radical (unpaired) electrons. The number of aromatic nitrogens is 2. The normalized spacial score (nSPS) is 27.0. The van der Waals surface area contributed by atoms with Gasteiger partial charge in [-0.25, -0.2) is 0 Å². The molecule has 1 aromatic heterocycles. The van der Waals surface area contributed by atoms with Gasteiger partial charge in [-0.05, 0) is 30.7 Å². The monoisotopic (exact) mass is 236 g/mol. The van der Waals surface area contributed by atoms with Crippen molar-refractivity contribution in [3.8, 4) is 0 Å². The van der Waals surface area contributed by atoms with E-state index in [9.17, 15) is 0 Å². The van der Waals surface area contributed by atoms with Crippen molar-refractivity contribution in [3.05, 3.63) is 18.0 Å². The highest BCUT2D eigenvalue weighted by atomic mass is 15.3. The van der Waals surface area contributed by atoms with E-state index in [1.54, 1.807) is 0 Å². The number of rotatable bonds is 4. The summed E-state index contributed by atoms with van der Waals surface area (Å²) in [4.78, 5) is 0. The first-order valence-electron chi connectivity index (χ1n) is 6.63. The summed E-state index contributed by atoms with van der Waals surface area (Å²) in [5, 5.41) is 4.43. The van der Waals surface area contributed by atoms with Gasteiger partial charge >= 0.3 is 0 Å². The van der Waals surface area contributed by atoms with Crippen molar-refractivity contribution in [1.29, 1.82) is 0 Å². The van der Waals surface area contributed by atoms with E-state index < -0.39 is 0 Å². The molecule has 0 amide bonds. The summed E-state index contributed by atoms with van der Waals surface area (Å²) in [6, 6.07) is 2.45. The summed E-state index contributed by atoms with van der Waals surface area (Å²) < 4.78 is 1.85. The Morgan fingerprint density at radius 1 is 1.47 bits per heavy atom. The van der Waals surface area contributed by atoms with E-state index in [4.69, 9.17) is 5.84 Å². The lowest BCUT2D eigenvalue weighted by atomic mass is 9.78. The van der Waals surface area contributed by atoms with Gasteiger partial charge in [-0.3, -0.25) is 16.0 Å². The lowest BCUT2D eigenvalue weighted by Gasteiger charge is -2.32. The van der Waals surface area contributed by atoms with Crippen molar-refractivity contribution < 1.29 is 0 Å². The van der Waals surface area contributed by atoms with Gasteiger partial charge in [0, 0.05) is 25.7 Å². The van der Waals surface area contributed by atoms with Gasteiger partial charge in [0.25, 0.3) is 0 Å². The Balaban J connectivity index is 1.92. The van der Waals surface area contributed by atoms with E-state index in [2.05, 4.69) is 23.5 Å². The van der Waals surface area contributed by atoms with Crippen LogP contribution in [0.3, 0.4) is 0 Å². The number of hydrogen-bond acceptors (Lipinski definition) is 3. The zero-order valence-electron chi connectivity index (χ0n) is 10.9. The van der Waals surface area contributed by atoms with Gasteiger partial charge in [-0.15, -0.1) is 0 Å². The Bertz CT molecular complexity index is 339. The molecule has 1 aromatic rings. The summed E-state index contributed by atoms with van der Waals surface area (Å²) in [7, 11) is 1.96. The fraction of sp³-hybridized carbons (Fsp3) is 0.769. The van der Waals surface area contributed by atoms with Crippen molar-refractivity contribution in [2.45, 2.75) is 45.1 Å². The molecule has 4 nitrogen and oxygen atoms in total. The Kier molecular flexibility index (Phi) is 4.18. The molecule has 1 aliphatic carbocycles. The van der Waals surface area contributed by atoms with Crippen LogP contribution < -0.4 is 11.3 Å². The molecule has 1 heterocycles. The van der Waals surface area contributed by atoms with Gasteiger partial charge in [0.1, 0.15) is 0 Å². The highest BCUT2D eigenvalue weighted by molar-refractivity contribution is 5.02. The van der Waals surface area contributed by atoms with Crippen LogP contribution in [0.2, 0.25) is 0 Å². The molecule has 17 heavy (non-hydrogen) atoms. The summed E-state index contributed by atoms with van der Waals surface area (Å²) in [5.41, 5.74) is 4.13. The van der Waals surface area contributed by atoms with Crippen molar-refractivity contribution in [3.63, 3.8) is 0 Å². The molecule has 1 atom stereocenters. The predicted molar refractivity (Wildman–Crippen MR) is 69.1 cm³/mol. The Labute approximate surface area is 104 Å². The molecular formula is C13H24N4. The van der Waals surface area contributed by atoms with Crippen LogP contribution >= 0.6 is 0 Å². The topological polar surface area (TPSA) is 55.9 Å². The van der Waals surface area contributed by atoms with Crippen LogP contribution in [0.25, 0.3) is 0 Å².